The van der Waals surface area contributed by atoms with Gasteiger partial charge in [0.15, 0.2) is 0 Å². The van der Waals surface area contributed by atoms with Gasteiger partial charge in [0.25, 0.3) is 5.91 Å². The molecule has 4 heteroatoms. The molecule has 1 aromatic heterocycles. The Kier molecular flexibility index (Phi) is 3.63. The number of carbonyl (C=O) groups is 1. The zero-order valence-electron chi connectivity index (χ0n) is 11.2. The number of para-hydroxylation sites is 1. The summed E-state index contributed by atoms with van der Waals surface area (Å²) in [4.78, 5) is 12.3. The highest BCUT2D eigenvalue weighted by atomic mass is 16.2. The first-order chi connectivity index (χ1) is 9.84. The highest BCUT2D eigenvalue weighted by Crippen LogP contribution is 2.16. The van der Waals surface area contributed by atoms with Crippen molar-refractivity contribution < 1.29 is 4.79 Å². The van der Waals surface area contributed by atoms with Crippen molar-refractivity contribution in [1.29, 1.82) is 0 Å². The predicted molar refractivity (Wildman–Crippen MR) is 79.1 cm³/mol. The van der Waals surface area contributed by atoms with Gasteiger partial charge in [-0.15, -0.1) is 0 Å². The first-order valence-electron chi connectivity index (χ1n) is 6.93. The summed E-state index contributed by atoms with van der Waals surface area (Å²) in [6.07, 6.45) is 8.20. The minimum absolute atomic E-state index is 0.159. The molecule has 2 aromatic rings. The minimum atomic E-state index is -0.159. The molecule has 4 nitrogen and oxygen atoms in total. The van der Waals surface area contributed by atoms with Crippen molar-refractivity contribution in [1.82, 2.24) is 9.99 Å². The van der Waals surface area contributed by atoms with E-state index in [0.717, 1.165) is 24.2 Å². The van der Waals surface area contributed by atoms with Crippen LogP contribution in [0.4, 0.5) is 0 Å². The summed E-state index contributed by atoms with van der Waals surface area (Å²) >= 11 is 0. The topological polar surface area (TPSA) is 46.4 Å². The van der Waals surface area contributed by atoms with Gasteiger partial charge in [-0.1, -0.05) is 12.1 Å². The van der Waals surface area contributed by atoms with Crippen LogP contribution in [-0.2, 0) is 0 Å². The lowest BCUT2D eigenvalue weighted by atomic mass is 10.1. The maximum absolute atomic E-state index is 12.3. The summed E-state index contributed by atoms with van der Waals surface area (Å²) < 4.78 is 1.93. The molecule has 0 saturated heterocycles. The molecule has 3 rings (SSSR count). The van der Waals surface area contributed by atoms with Gasteiger partial charge in [0.1, 0.15) is 0 Å². The molecule has 1 amide bonds. The van der Waals surface area contributed by atoms with E-state index in [1.807, 2.05) is 53.4 Å². The van der Waals surface area contributed by atoms with Crippen molar-refractivity contribution in [2.75, 3.05) is 0 Å². The summed E-state index contributed by atoms with van der Waals surface area (Å²) in [7, 11) is 0. The number of hydrogen-bond acceptors (Lipinski definition) is 2. The molecule has 1 heterocycles. The Morgan fingerprint density at radius 1 is 1.05 bits per heavy atom. The van der Waals surface area contributed by atoms with Gasteiger partial charge in [-0.25, -0.2) is 5.43 Å². The third-order valence-electron chi connectivity index (χ3n) is 3.53. The van der Waals surface area contributed by atoms with Crippen LogP contribution in [0.1, 0.15) is 36.0 Å². The highest BCUT2D eigenvalue weighted by molar-refractivity contribution is 5.98. The number of hydrazone groups is 1. The summed E-state index contributed by atoms with van der Waals surface area (Å²) in [6, 6.07) is 11.4. The fourth-order valence-corrected chi connectivity index (χ4v) is 2.47. The van der Waals surface area contributed by atoms with Crippen LogP contribution in [0.25, 0.3) is 5.69 Å². The fourth-order valence-electron chi connectivity index (χ4n) is 2.47. The Bertz CT molecular complexity index is 621. The van der Waals surface area contributed by atoms with Gasteiger partial charge in [-0.3, -0.25) is 4.79 Å². The second-order valence-electron chi connectivity index (χ2n) is 4.93. The van der Waals surface area contributed by atoms with Crippen LogP contribution >= 0.6 is 0 Å². The standard InChI is InChI=1S/C16H17N3O/c20-16(18-17-13-7-1-2-8-13)14-9-3-4-10-15(14)19-11-5-6-12-19/h3-6,9-12H,1-2,7-8H2,(H,18,20). The molecule has 1 saturated carbocycles. The van der Waals surface area contributed by atoms with Gasteiger partial charge in [0, 0.05) is 18.1 Å². The second-order valence-corrected chi connectivity index (χ2v) is 4.93. The normalized spacial score (nSPS) is 14.3. The number of nitrogens with one attached hydrogen (secondary N) is 1. The Balaban J connectivity index is 1.83. The van der Waals surface area contributed by atoms with Crippen molar-refractivity contribution in [2.45, 2.75) is 25.7 Å². The third-order valence-corrected chi connectivity index (χ3v) is 3.53. The number of amides is 1. The molecule has 0 spiro atoms. The minimum Gasteiger partial charge on any atom is -0.323 e. The quantitative estimate of drug-likeness (QED) is 0.853. The lowest BCUT2D eigenvalue weighted by Gasteiger charge is -2.09. The van der Waals surface area contributed by atoms with Gasteiger partial charge in [-0.2, -0.15) is 5.10 Å². The first-order valence-corrected chi connectivity index (χ1v) is 6.93. The average molecular weight is 267 g/mol. The van der Waals surface area contributed by atoms with Crippen LogP contribution in [-0.4, -0.2) is 16.2 Å². The van der Waals surface area contributed by atoms with Gasteiger partial charge in [-0.05, 0) is 49.9 Å². The predicted octanol–water partition coefficient (Wildman–Crippen LogP) is 3.14. The molecule has 0 radical (unpaired) electrons. The Morgan fingerprint density at radius 2 is 1.75 bits per heavy atom. The van der Waals surface area contributed by atoms with E-state index < -0.39 is 0 Å². The third kappa shape index (κ3) is 2.64. The molecule has 1 N–H and O–H groups in total. The Morgan fingerprint density at radius 3 is 2.50 bits per heavy atom. The van der Waals surface area contributed by atoms with Crippen LogP contribution < -0.4 is 5.43 Å². The van der Waals surface area contributed by atoms with E-state index >= 15 is 0 Å². The molecule has 1 aliphatic rings. The molecule has 0 atom stereocenters. The number of carbonyl (C=O) groups excluding carboxylic acids is 1. The van der Waals surface area contributed by atoms with E-state index in [0.29, 0.717) is 5.56 Å². The van der Waals surface area contributed by atoms with Gasteiger partial charge in [0.05, 0.1) is 11.3 Å². The van der Waals surface area contributed by atoms with Crippen LogP contribution in [0, 0.1) is 0 Å². The first kappa shape index (κ1) is 12.7. The fraction of sp³-hybridized carbons (Fsp3) is 0.250. The summed E-state index contributed by atoms with van der Waals surface area (Å²) in [5.41, 5.74) is 5.27. The molecule has 1 fully saturated rings. The lowest BCUT2D eigenvalue weighted by molar-refractivity contribution is 0.0954. The molecule has 0 aliphatic heterocycles. The van der Waals surface area contributed by atoms with Crippen molar-refractivity contribution in [2.24, 2.45) is 5.10 Å². The number of rotatable bonds is 3. The van der Waals surface area contributed by atoms with E-state index in [9.17, 15) is 4.79 Å². The zero-order chi connectivity index (χ0) is 13.8. The average Bonchev–Trinajstić information content (AvgIpc) is 3.18. The number of aromatic nitrogens is 1. The smallest absolute Gasteiger partial charge is 0.273 e. The summed E-state index contributed by atoms with van der Waals surface area (Å²) in [5.74, 6) is -0.159. The largest absolute Gasteiger partial charge is 0.323 e. The van der Waals surface area contributed by atoms with Gasteiger partial charge < -0.3 is 4.57 Å². The maximum Gasteiger partial charge on any atom is 0.273 e. The van der Waals surface area contributed by atoms with E-state index in [4.69, 9.17) is 0 Å². The second kappa shape index (κ2) is 5.74. The van der Waals surface area contributed by atoms with Crippen LogP contribution in [0.2, 0.25) is 0 Å². The van der Waals surface area contributed by atoms with E-state index in [2.05, 4.69) is 10.5 Å². The van der Waals surface area contributed by atoms with E-state index in [1.165, 1.54) is 12.8 Å². The highest BCUT2D eigenvalue weighted by Gasteiger charge is 2.13. The van der Waals surface area contributed by atoms with Crippen molar-refractivity contribution >= 4 is 11.6 Å². The molecule has 20 heavy (non-hydrogen) atoms. The molecule has 0 unspecified atom stereocenters. The zero-order valence-corrected chi connectivity index (χ0v) is 11.2. The number of hydrogen-bond donors (Lipinski definition) is 1. The molecular weight excluding hydrogens is 250 g/mol. The molecule has 1 aromatic carbocycles. The lowest BCUT2D eigenvalue weighted by Crippen LogP contribution is -2.20. The van der Waals surface area contributed by atoms with Crippen LogP contribution in [0.15, 0.2) is 53.9 Å². The maximum atomic E-state index is 12.3. The Labute approximate surface area is 118 Å². The van der Waals surface area contributed by atoms with Crippen molar-refractivity contribution in [3.05, 3.63) is 54.4 Å². The van der Waals surface area contributed by atoms with Gasteiger partial charge >= 0.3 is 0 Å². The monoisotopic (exact) mass is 267 g/mol. The van der Waals surface area contributed by atoms with Crippen molar-refractivity contribution in [3.63, 3.8) is 0 Å². The van der Waals surface area contributed by atoms with Gasteiger partial charge in [0.2, 0.25) is 0 Å². The SMILES string of the molecule is O=C(NN=C1CCCC1)c1ccccc1-n1cccc1. The van der Waals surface area contributed by atoms with Crippen LogP contribution in [0.5, 0.6) is 0 Å². The molecular formula is C16H17N3O. The molecule has 0 bridgehead atoms. The molecule has 102 valence electrons. The van der Waals surface area contributed by atoms with E-state index in [-0.39, 0.29) is 5.91 Å². The van der Waals surface area contributed by atoms with E-state index in [1.54, 1.807) is 0 Å². The summed E-state index contributed by atoms with van der Waals surface area (Å²) in [6.45, 7) is 0. The Hall–Kier alpha value is -2.36. The number of nitrogens with zero attached hydrogens (tertiary/aromatic N) is 2. The molecule has 1 aliphatic carbocycles. The number of benzene rings is 1. The van der Waals surface area contributed by atoms with Crippen LogP contribution in [0.3, 0.4) is 0 Å². The van der Waals surface area contributed by atoms with Crippen molar-refractivity contribution in [3.8, 4) is 5.69 Å². The summed E-state index contributed by atoms with van der Waals surface area (Å²) in [5, 5.41) is 4.23.